The minimum Gasteiger partial charge on any atom is -0.508 e. The van der Waals surface area contributed by atoms with Crippen LogP contribution >= 0.6 is 0 Å². The van der Waals surface area contributed by atoms with E-state index >= 15 is 0 Å². The number of rotatable bonds is 1. The van der Waals surface area contributed by atoms with Crippen molar-refractivity contribution in [1.29, 1.82) is 0 Å². The summed E-state index contributed by atoms with van der Waals surface area (Å²) in [6.45, 7) is 0. The van der Waals surface area contributed by atoms with Crippen LogP contribution in [0.2, 0.25) is 0 Å². The summed E-state index contributed by atoms with van der Waals surface area (Å²) in [6.07, 6.45) is 0.862. The third kappa shape index (κ3) is 1.25. The Balaban J connectivity index is 2.39. The fourth-order valence-corrected chi connectivity index (χ4v) is 2.46. The number of benzene rings is 2. The van der Waals surface area contributed by atoms with Crippen molar-refractivity contribution >= 4 is 6.29 Å². The van der Waals surface area contributed by atoms with E-state index in [1.165, 1.54) is 0 Å². The lowest BCUT2D eigenvalue weighted by Crippen LogP contribution is -1.96. The second-order valence-electron chi connectivity index (χ2n) is 4.13. The Morgan fingerprint density at radius 3 is 2.65 bits per heavy atom. The van der Waals surface area contributed by atoms with Gasteiger partial charge >= 0.3 is 0 Å². The summed E-state index contributed by atoms with van der Waals surface area (Å²) in [5.74, 6) is -0.0871. The van der Waals surface area contributed by atoms with E-state index in [0.29, 0.717) is 5.56 Å². The van der Waals surface area contributed by atoms with E-state index in [4.69, 9.17) is 0 Å². The van der Waals surface area contributed by atoms with E-state index in [1.54, 1.807) is 30.3 Å². The molecule has 0 heterocycles. The van der Waals surface area contributed by atoms with Gasteiger partial charge in [0.25, 0.3) is 0 Å². The first kappa shape index (κ1) is 9.90. The average molecular weight is 226 g/mol. The normalized spacial score (nSPS) is 16.4. The maximum atomic E-state index is 11.2. The molecule has 17 heavy (non-hydrogen) atoms. The van der Waals surface area contributed by atoms with Crippen molar-refractivity contribution in [3.63, 3.8) is 0 Å². The van der Waals surface area contributed by atoms with Crippen LogP contribution in [0.4, 0.5) is 0 Å². The summed E-state index contributed by atoms with van der Waals surface area (Å²) in [6, 6.07) is 9.99. The van der Waals surface area contributed by atoms with Crippen molar-refractivity contribution in [2.24, 2.45) is 0 Å². The molecule has 0 aromatic heterocycles. The molecule has 0 saturated carbocycles. The molecule has 0 spiro atoms. The van der Waals surface area contributed by atoms with Gasteiger partial charge in [0.15, 0.2) is 0 Å². The summed E-state index contributed by atoms with van der Waals surface area (Å²) in [7, 11) is 0. The SMILES string of the molecule is O=CC1c2ccc(O)cc2-c2c(O)cccc21. The zero-order chi connectivity index (χ0) is 12.0. The van der Waals surface area contributed by atoms with Crippen LogP contribution in [0.5, 0.6) is 11.5 Å². The molecule has 0 bridgehead atoms. The van der Waals surface area contributed by atoms with Gasteiger partial charge in [0.1, 0.15) is 17.8 Å². The van der Waals surface area contributed by atoms with Crippen LogP contribution in [0, 0.1) is 0 Å². The Morgan fingerprint density at radius 1 is 1.06 bits per heavy atom. The molecule has 3 nitrogen and oxygen atoms in total. The zero-order valence-corrected chi connectivity index (χ0v) is 8.92. The van der Waals surface area contributed by atoms with E-state index in [0.717, 1.165) is 23.0 Å². The fourth-order valence-electron chi connectivity index (χ4n) is 2.46. The highest BCUT2D eigenvalue weighted by Crippen LogP contribution is 2.48. The standard InChI is InChI=1S/C14H10O3/c15-7-12-9-5-4-8(16)6-11(9)14-10(12)2-1-3-13(14)17/h1-7,12,16-17H. The number of hydrogen-bond acceptors (Lipinski definition) is 3. The second kappa shape index (κ2) is 3.35. The number of carbonyl (C=O) groups excluding carboxylic acids is 1. The van der Waals surface area contributed by atoms with Gasteiger partial charge in [-0.3, -0.25) is 0 Å². The highest BCUT2D eigenvalue weighted by molar-refractivity contribution is 5.90. The van der Waals surface area contributed by atoms with Crippen LogP contribution in [0.1, 0.15) is 17.0 Å². The average Bonchev–Trinajstić information content (AvgIpc) is 2.63. The zero-order valence-electron chi connectivity index (χ0n) is 8.92. The van der Waals surface area contributed by atoms with Gasteiger partial charge in [0, 0.05) is 5.56 Å². The molecule has 1 unspecified atom stereocenters. The van der Waals surface area contributed by atoms with Crippen molar-refractivity contribution in [2.45, 2.75) is 5.92 Å². The third-order valence-electron chi connectivity index (χ3n) is 3.19. The molecule has 2 N–H and O–H groups in total. The molecule has 3 rings (SSSR count). The Morgan fingerprint density at radius 2 is 1.88 bits per heavy atom. The topological polar surface area (TPSA) is 57.5 Å². The minimum absolute atomic E-state index is 0.129. The molecule has 84 valence electrons. The van der Waals surface area contributed by atoms with Gasteiger partial charge in [-0.1, -0.05) is 18.2 Å². The van der Waals surface area contributed by atoms with Gasteiger partial charge in [-0.25, -0.2) is 0 Å². The van der Waals surface area contributed by atoms with Crippen LogP contribution in [0.3, 0.4) is 0 Å². The fraction of sp³-hybridized carbons (Fsp3) is 0.0714. The van der Waals surface area contributed by atoms with Gasteiger partial charge in [0.2, 0.25) is 0 Å². The number of aldehydes is 1. The quantitative estimate of drug-likeness (QED) is 0.734. The lowest BCUT2D eigenvalue weighted by atomic mass is 9.99. The van der Waals surface area contributed by atoms with E-state index in [1.807, 2.05) is 6.07 Å². The Labute approximate surface area is 98.0 Å². The number of aromatic hydroxyl groups is 2. The molecule has 0 radical (unpaired) electrons. The molecule has 2 aromatic rings. The van der Waals surface area contributed by atoms with Crippen LogP contribution in [0.15, 0.2) is 36.4 Å². The van der Waals surface area contributed by atoms with E-state index in [9.17, 15) is 15.0 Å². The lowest BCUT2D eigenvalue weighted by Gasteiger charge is -2.04. The first-order valence-corrected chi connectivity index (χ1v) is 5.33. The molecule has 0 amide bonds. The first-order chi connectivity index (χ1) is 8.22. The van der Waals surface area contributed by atoms with Gasteiger partial charge in [-0.2, -0.15) is 0 Å². The predicted octanol–water partition coefficient (Wildman–Crippen LogP) is 2.41. The largest absolute Gasteiger partial charge is 0.508 e. The molecule has 1 atom stereocenters. The van der Waals surface area contributed by atoms with E-state index in [2.05, 4.69) is 0 Å². The number of hydrogen-bond donors (Lipinski definition) is 2. The van der Waals surface area contributed by atoms with Gasteiger partial charge < -0.3 is 15.0 Å². The summed E-state index contributed by atoms with van der Waals surface area (Å²) in [5.41, 5.74) is 3.00. The Kier molecular flexibility index (Phi) is 1.95. The molecule has 0 fully saturated rings. The van der Waals surface area contributed by atoms with Gasteiger partial charge in [-0.15, -0.1) is 0 Å². The number of phenolic OH excluding ortho intramolecular Hbond substituents is 2. The Bertz CT molecular complexity index is 617. The summed E-state index contributed by atoms with van der Waals surface area (Å²) >= 11 is 0. The van der Waals surface area contributed by atoms with E-state index in [-0.39, 0.29) is 17.4 Å². The van der Waals surface area contributed by atoms with Crippen LogP contribution in [-0.4, -0.2) is 16.5 Å². The van der Waals surface area contributed by atoms with Crippen LogP contribution in [0.25, 0.3) is 11.1 Å². The summed E-state index contributed by atoms with van der Waals surface area (Å²) in [5, 5.41) is 19.4. The highest BCUT2D eigenvalue weighted by Gasteiger charge is 2.30. The number of fused-ring (bicyclic) bond motifs is 3. The smallest absolute Gasteiger partial charge is 0.131 e. The second-order valence-corrected chi connectivity index (χ2v) is 4.13. The molecular weight excluding hydrogens is 216 g/mol. The van der Waals surface area contributed by atoms with Gasteiger partial charge in [0.05, 0.1) is 5.92 Å². The van der Waals surface area contributed by atoms with E-state index < -0.39 is 0 Å². The lowest BCUT2D eigenvalue weighted by molar-refractivity contribution is -0.108. The van der Waals surface area contributed by atoms with Gasteiger partial charge in [-0.05, 0) is 34.9 Å². The molecule has 3 heteroatoms. The van der Waals surface area contributed by atoms with Crippen molar-refractivity contribution in [3.05, 3.63) is 47.5 Å². The summed E-state index contributed by atoms with van der Waals surface area (Å²) in [4.78, 5) is 11.2. The van der Waals surface area contributed by atoms with Crippen LogP contribution in [-0.2, 0) is 4.79 Å². The molecule has 1 aliphatic rings. The van der Waals surface area contributed by atoms with Crippen molar-refractivity contribution in [3.8, 4) is 22.6 Å². The first-order valence-electron chi connectivity index (χ1n) is 5.33. The molecule has 2 aromatic carbocycles. The maximum Gasteiger partial charge on any atom is 0.131 e. The number of phenols is 2. The molecular formula is C14H10O3. The monoisotopic (exact) mass is 226 g/mol. The molecule has 0 saturated heterocycles. The molecule has 1 aliphatic carbocycles. The minimum atomic E-state index is -0.354. The Hall–Kier alpha value is -2.29. The van der Waals surface area contributed by atoms with Crippen LogP contribution < -0.4 is 0 Å². The maximum absolute atomic E-state index is 11.2. The number of carbonyl (C=O) groups is 1. The highest BCUT2D eigenvalue weighted by atomic mass is 16.3. The van der Waals surface area contributed by atoms with Crippen molar-refractivity contribution in [2.75, 3.05) is 0 Å². The summed E-state index contributed by atoms with van der Waals surface area (Å²) < 4.78 is 0. The van der Waals surface area contributed by atoms with Crippen molar-refractivity contribution in [1.82, 2.24) is 0 Å². The molecule has 0 aliphatic heterocycles. The predicted molar refractivity (Wildman–Crippen MR) is 63.1 cm³/mol. The third-order valence-corrected chi connectivity index (χ3v) is 3.19. The van der Waals surface area contributed by atoms with Crippen molar-refractivity contribution < 1.29 is 15.0 Å².